The summed E-state index contributed by atoms with van der Waals surface area (Å²) in [6.07, 6.45) is 2.37. The van der Waals surface area contributed by atoms with Gasteiger partial charge in [0.15, 0.2) is 0 Å². The molecule has 19 heavy (non-hydrogen) atoms. The van der Waals surface area contributed by atoms with E-state index in [0.29, 0.717) is 39.1 Å². The van der Waals surface area contributed by atoms with Gasteiger partial charge in [0.05, 0.1) is 16.1 Å². The molecule has 6 heteroatoms. The maximum atomic E-state index is 11.7. The quantitative estimate of drug-likeness (QED) is 0.819. The smallest absolute Gasteiger partial charge is 0.225 e. The highest BCUT2D eigenvalue weighted by Gasteiger charge is 2.37. The Bertz CT molecular complexity index is 427. The van der Waals surface area contributed by atoms with E-state index in [0.717, 1.165) is 17.1 Å². The number of nitrogens with one attached hydrogen (secondary N) is 1. The van der Waals surface area contributed by atoms with Crippen molar-refractivity contribution in [1.29, 1.82) is 0 Å². The summed E-state index contributed by atoms with van der Waals surface area (Å²) in [5.74, 6) is -0.226. The first-order valence-corrected chi connectivity index (χ1v) is 7.56. The zero-order valence-corrected chi connectivity index (χ0v) is 12.1. The maximum Gasteiger partial charge on any atom is 0.225 e. The number of thiazole rings is 1. The van der Waals surface area contributed by atoms with Gasteiger partial charge in [0.25, 0.3) is 0 Å². The van der Waals surface area contributed by atoms with Crippen LogP contribution in [0.5, 0.6) is 0 Å². The van der Waals surface area contributed by atoms with Crippen LogP contribution >= 0.6 is 11.3 Å². The van der Waals surface area contributed by atoms with E-state index in [1.54, 1.807) is 11.3 Å². The molecule has 2 heterocycles. The third-order valence-electron chi connectivity index (χ3n) is 3.64. The van der Waals surface area contributed by atoms with Gasteiger partial charge in [0.1, 0.15) is 0 Å². The minimum absolute atomic E-state index is 0.226. The van der Waals surface area contributed by atoms with Crippen LogP contribution in [0.4, 0.5) is 0 Å². The number of nitrogens with two attached hydrogens (primary N) is 1. The fraction of sp³-hybridized carbons (Fsp3) is 0.692. The monoisotopic (exact) mass is 283 g/mol. The van der Waals surface area contributed by atoms with Crippen molar-refractivity contribution in [2.45, 2.75) is 32.7 Å². The van der Waals surface area contributed by atoms with Gasteiger partial charge < -0.3 is 15.8 Å². The van der Waals surface area contributed by atoms with Gasteiger partial charge in [-0.15, -0.1) is 11.3 Å². The number of aryl methyl sites for hydroxylation is 1. The summed E-state index contributed by atoms with van der Waals surface area (Å²) in [6.45, 7) is 4.61. The Labute approximate surface area is 117 Å². The van der Waals surface area contributed by atoms with E-state index in [4.69, 9.17) is 10.5 Å². The summed E-state index contributed by atoms with van der Waals surface area (Å²) in [5.41, 5.74) is 6.14. The highest BCUT2D eigenvalue weighted by atomic mass is 32.1. The van der Waals surface area contributed by atoms with Crippen molar-refractivity contribution in [2.24, 2.45) is 11.1 Å². The van der Waals surface area contributed by atoms with Crippen molar-refractivity contribution in [2.75, 3.05) is 19.8 Å². The molecule has 3 N–H and O–H groups in total. The van der Waals surface area contributed by atoms with Crippen molar-refractivity contribution in [3.05, 3.63) is 16.1 Å². The van der Waals surface area contributed by atoms with Crippen LogP contribution in [0.3, 0.4) is 0 Å². The number of hydrogen-bond acceptors (Lipinski definition) is 5. The second kappa shape index (κ2) is 6.45. The first-order chi connectivity index (χ1) is 9.16. The Balaban J connectivity index is 1.87. The number of nitrogens with zero attached hydrogens (tertiary/aromatic N) is 1. The molecule has 0 radical (unpaired) electrons. The Hall–Kier alpha value is -0.980. The first kappa shape index (κ1) is 14.4. The minimum atomic E-state index is -0.456. The summed E-state index contributed by atoms with van der Waals surface area (Å²) in [4.78, 5) is 16.2. The van der Waals surface area contributed by atoms with Crippen molar-refractivity contribution >= 4 is 17.2 Å². The number of hydrogen-bond donors (Lipinski definition) is 2. The van der Waals surface area contributed by atoms with E-state index in [-0.39, 0.29) is 5.91 Å². The number of amides is 1. The number of ether oxygens (including phenoxy) is 1. The van der Waals surface area contributed by atoms with Crippen LogP contribution in [0.2, 0.25) is 0 Å². The van der Waals surface area contributed by atoms with E-state index in [9.17, 15) is 4.79 Å². The number of aromatic nitrogens is 1. The molecule has 0 bridgehead atoms. The second-order valence-corrected chi connectivity index (χ2v) is 5.89. The molecule has 1 aliphatic rings. The zero-order valence-electron chi connectivity index (χ0n) is 11.3. The molecule has 0 aromatic carbocycles. The minimum Gasteiger partial charge on any atom is -0.381 e. The van der Waals surface area contributed by atoms with Gasteiger partial charge in [-0.2, -0.15) is 0 Å². The SMILES string of the molecule is CCc1nc(CNCC2(C(N)=O)CCOCC2)cs1. The standard InChI is InChI=1S/C13H21N3O2S/c1-2-11-16-10(8-19-11)7-15-9-13(12(14)17)3-5-18-6-4-13/h8,15H,2-7,9H2,1H3,(H2,14,17). The fourth-order valence-corrected chi connectivity index (χ4v) is 3.04. The molecule has 5 nitrogen and oxygen atoms in total. The van der Waals surface area contributed by atoms with Gasteiger partial charge in [0, 0.05) is 31.7 Å². The predicted octanol–water partition coefficient (Wildman–Crippen LogP) is 1.08. The lowest BCUT2D eigenvalue weighted by Gasteiger charge is -2.34. The molecular weight excluding hydrogens is 262 g/mol. The van der Waals surface area contributed by atoms with E-state index in [1.807, 2.05) is 0 Å². The number of primary amides is 1. The van der Waals surface area contributed by atoms with Crippen molar-refractivity contribution in [3.63, 3.8) is 0 Å². The highest BCUT2D eigenvalue weighted by molar-refractivity contribution is 7.09. The van der Waals surface area contributed by atoms with Gasteiger partial charge in [-0.3, -0.25) is 4.79 Å². The molecule has 0 aliphatic carbocycles. The third kappa shape index (κ3) is 3.52. The molecule has 1 aromatic heterocycles. The van der Waals surface area contributed by atoms with Gasteiger partial charge >= 0.3 is 0 Å². The molecule has 0 atom stereocenters. The molecule has 1 aliphatic heterocycles. The fourth-order valence-electron chi connectivity index (χ4n) is 2.29. The third-order valence-corrected chi connectivity index (χ3v) is 4.69. The van der Waals surface area contributed by atoms with E-state index in [1.165, 1.54) is 0 Å². The Morgan fingerprint density at radius 2 is 2.32 bits per heavy atom. The largest absolute Gasteiger partial charge is 0.381 e. The normalized spacial score (nSPS) is 18.4. The molecule has 0 saturated carbocycles. The molecule has 1 fully saturated rings. The lowest BCUT2D eigenvalue weighted by Crippen LogP contribution is -2.48. The van der Waals surface area contributed by atoms with Crippen LogP contribution in [0.15, 0.2) is 5.38 Å². The van der Waals surface area contributed by atoms with E-state index >= 15 is 0 Å². The average molecular weight is 283 g/mol. The molecule has 2 rings (SSSR count). The van der Waals surface area contributed by atoms with Gasteiger partial charge in [0.2, 0.25) is 5.91 Å². The van der Waals surface area contributed by atoms with Crippen molar-refractivity contribution in [3.8, 4) is 0 Å². The van der Waals surface area contributed by atoms with Gasteiger partial charge in [-0.05, 0) is 19.3 Å². The van der Waals surface area contributed by atoms with Gasteiger partial charge in [-0.25, -0.2) is 4.98 Å². The summed E-state index contributed by atoms with van der Waals surface area (Å²) >= 11 is 1.68. The predicted molar refractivity (Wildman–Crippen MR) is 74.9 cm³/mol. The number of carbonyl (C=O) groups is 1. The van der Waals surface area contributed by atoms with Crippen LogP contribution in [-0.4, -0.2) is 30.6 Å². The Morgan fingerprint density at radius 1 is 1.58 bits per heavy atom. The second-order valence-electron chi connectivity index (χ2n) is 4.95. The summed E-state index contributed by atoms with van der Waals surface area (Å²) in [6, 6.07) is 0. The van der Waals surface area contributed by atoms with Crippen LogP contribution in [0.1, 0.15) is 30.5 Å². The topological polar surface area (TPSA) is 77.2 Å². The Morgan fingerprint density at radius 3 is 2.89 bits per heavy atom. The zero-order chi connectivity index (χ0) is 13.7. The van der Waals surface area contributed by atoms with Crippen LogP contribution in [0, 0.1) is 5.41 Å². The lowest BCUT2D eigenvalue weighted by atomic mass is 9.79. The molecule has 1 aromatic rings. The van der Waals surface area contributed by atoms with E-state index in [2.05, 4.69) is 22.6 Å². The first-order valence-electron chi connectivity index (χ1n) is 6.68. The van der Waals surface area contributed by atoms with Crippen molar-refractivity contribution < 1.29 is 9.53 Å². The molecule has 0 unspecified atom stereocenters. The average Bonchev–Trinajstić information content (AvgIpc) is 2.87. The van der Waals surface area contributed by atoms with Crippen molar-refractivity contribution in [1.82, 2.24) is 10.3 Å². The molecule has 0 spiro atoms. The summed E-state index contributed by atoms with van der Waals surface area (Å²) in [7, 11) is 0. The number of rotatable bonds is 6. The lowest BCUT2D eigenvalue weighted by molar-refractivity contribution is -0.132. The molecule has 1 saturated heterocycles. The van der Waals surface area contributed by atoms with Crippen LogP contribution in [-0.2, 0) is 22.5 Å². The molecule has 1 amide bonds. The molecule has 106 valence electrons. The highest BCUT2D eigenvalue weighted by Crippen LogP contribution is 2.29. The summed E-state index contributed by atoms with van der Waals surface area (Å²) < 4.78 is 5.31. The number of carbonyl (C=O) groups excluding carboxylic acids is 1. The van der Waals surface area contributed by atoms with Crippen LogP contribution in [0.25, 0.3) is 0 Å². The summed E-state index contributed by atoms with van der Waals surface area (Å²) in [5, 5.41) is 6.53. The van der Waals surface area contributed by atoms with Crippen LogP contribution < -0.4 is 11.1 Å². The van der Waals surface area contributed by atoms with E-state index < -0.39 is 5.41 Å². The van der Waals surface area contributed by atoms with Gasteiger partial charge in [-0.1, -0.05) is 6.92 Å². The Kier molecular flexibility index (Phi) is 4.90. The molecular formula is C13H21N3O2S. The maximum absolute atomic E-state index is 11.7.